The highest BCUT2D eigenvalue weighted by Crippen LogP contribution is 2.24. The van der Waals surface area contributed by atoms with E-state index in [2.05, 4.69) is 52.9 Å². The minimum absolute atomic E-state index is 0.00448. The average molecular weight is 510 g/mol. The second-order valence-electron chi connectivity index (χ2n) is 7.79. The summed E-state index contributed by atoms with van der Waals surface area (Å²) in [6.07, 6.45) is 6.44. The first-order valence-electron chi connectivity index (χ1n) is 11.4. The second kappa shape index (κ2) is 17.9. The molecule has 1 heterocycles. The molecular weight excluding hydrogens is 474 g/mol. The Balaban J connectivity index is 0.000000458. The van der Waals surface area contributed by atoms with Gasteiger partial charge in [-0.25, -0.2) is 0 Å². The Morgan fingerprint density at radius 3 is 2.36 bits per heavy atom. The Hall–Kier alpha value is -3.49. The molecule has 0 spiro atoms. The standard InChI is InChI=1S/C21H20N2O.C6H13NO2S.CH2O/c1-16-9-10-18(12-20(16)19-7-3-2-4-8-19)15-23-21(24)13-17-6-5-11-22-14-17;1-7-5(6(8)9)3-4-10-2;1-2/h2-12,14H,13,15H2,1H3,(H,23,24);5,7H,3-4H2,1-2H3,(H,8,9);1H2/t;5-;/m.0./s1. The van der Waals surface area contributed by atoms with Gasteiger partial charge in [0.1, 0.15) is 12.8 Å². The van der Waals surface area contributed by atoms with E-state index in [4.69, 9.17) is 9.90 Å². The van der Waals surface area contributed by atoms with Crippen molar-refractivity contribution in [1.82, 2.24) is 15.6 Å². The van der Waals surface area contributed by atoms with Gasteiger partial charge in [-0.15, -0.1) is 0 Å². The van der Waals surface area contributed by atoms with Crippen LogP contribution in [0.3, 0.4) is 0 Å². The minimum Gasteiger partial charge on any atom is -0.480 e. The summed E-state index contributed by atoms with van der Waals surface area (Å²) in [4.78, 5) is 34.5. The van der Waals surface area contributed by atoms with Gasteiger partial charge in [-0.2, -0.15) is 11.8 Å². The molecule has 0 aliphatic rings. The van der Waals surface area contributed by atoms with Crippen LogP contribution >= 0.6 is 11.8 Å². The number of carboxylic acids is 1. The lowest BCUT2D eigenvalue weighted by atomic mass is 9.98. The van der Waals surface area contributed by atoms with Crippen molar-refractivity contribution in [2.24, 2.45) is 0 Å². The van der Waals surface area contributed by atoms with Gasteiger partial charge in [0.25, 0.3) is 0 Å². The van der Waals surface area contributed by atoms with E-state index >= 15 is 0 Å². The van der Waals surface area contributed by atoms with Gasteiger partial charge in [0, 0.05) is 18.9 Å². The summed E-state index contributed by atoms with van der Waals surface area (Å²) in [5, 5.41) is 14.2. The Morgan fingerprint density at radius 2 is 1.78 bits per heavy atom. The molecule has 0 saturated heterocycles. The Labute approximate surface area is 217 Å². The number of carbonyl (C=O) groups is 3. The summed E-state index contributed by atoms with van der Waals surface area (Å²) in [6, 6.07) is 20.0. The average Bonchev–Trinajstić information content (AvgIpc) is 2.91. The fourth-order valence-electron chi connectivity index (χ4n) is 3.29. The molecule has 0 aliphatic heterocycles. The number of hydrogen-bond acceptors (Lipinski definition) is 6. The molecule has 192 valence electrons. The SMILES string of the molecule is C=O.CN[C@@H](CCSC)C(=O)O.Cc1ccc(CNC(=O)Cc2cccnc2)cc1-c1ccccc1. The number of thioether (sulfide) groups is 1. The molecule has 0 radical (unpaired) electrons. The van der Waals surface area contributed by atoms with Crippen molar-refractivity contribution < 1.29 is 19.5 Å². The van der Waals surface area contributed by atoms with Crippen molar-refractivity contribution in [2.45, 2.75) is 32.4 Å². The number of hydrogen-bond donors (Lipinski definition) is 3. The molecule has 3 rings (SSSR count). The number of carboxylic acid groups (broad SMARTS) is 1. The third-order valence-electron chi connectivity index (χ3n) is 5.22. The van der Waals surface area contributed by atoms with Crippen molar-refractivity contribution >= 4 is 30.4 Å². The fourth-order valence-corrected chi connectivity index (χ4v) is 3.76. The lowest BCUT2D eigenvalue weighted by Gasteiger charge is -2.10. The van der Waals surface area contributed by atoms with E-state index in [1.165, 1.54) is 16.7 Å². The van der Waals surface area contributed by atoms with Crippen LogP contribution in [0.25, 0.3) is 11.1 Å². The number of aryl methyl sites for hydroxylation is 1. The Morgan fingerprint density at radius 1 is 1.06 bits per heavy atom. The molecule has 1 amide bonds. The van der Waals surface area contributed by atoms with Crippen molar-refractivity contribution in [3.05, 3.63) is 89.7 Å². The van der Waals surface area contributed by atoms with Gasteiger partial charge < -0.3 is 20.5 Å². The maximum atomic E-state index is 12.1. The zero-order valence-corrected chi connectivity index (χ0v) is 21.9. The van der Waals surface area contributed by atoms with Gasteiger partial charge in [0.15, 0.2) is 0 Å². The van der Waals surface area contributed by atoms with Crippen LogP contribution in [-0.4, -0.2) is 53.9 Å². The van der Waals surface area contributed by atoms with Crippen molar-refractivity contribution in [3.8, 4) is 11.1 Å². The van der Waals surface area contributed by atoms with Gasteiger partial charge in [0.2, 0.25) is 5.91 Å². The second-order valence-corrected chi connectivity index (χ2v) is 8.78. The molecule has 3 N–H and O–H groups in total. The van der Waals surface area contributed by atoms with Crippen LogP contribution in [0.5, 0.6) is 0 Å². The maximum Gasteiger partial charge on any atom is 0.320 e. The van der Waals surface area contributed by atoms with Crippen molar-refractivity contribution in [1.29, 1.82) is 0 Å². The molecule has 36 heavy (non-hydrogen) atoms. The zero-order chi connectivity index (χ0) is 26.8. The normalized spacial score (nSPS) is 10.6. The molecule has 8 heteroatoms. The summed E-state index contributed by atoms with van der Waals surface area (Å²) in [6.45, 7) is 4.63. The Kier molecular flexibility index (Phi) is 15.2. The van der Waals surface area contributed by atoms with Gasteiger partial charge >= 0.3 is 5.97 Å². The number of carbonyl (C=O) groups excluding carboxylic acids is 2. The molecule has 1 atom stereocenters. The molecule has 0 aliphatic carbocycles. The number of benzene rings is 2. The number of likely N-dealkylation sites (N-methyl/N-ethyl adjacent to an activating group) is 1. The maximum absolute atomic E-state index is 12.1. The van der Waals surface area contributed by atoms with E-state index in [0.717, 1.165) is 16.9 Å². The van der Waals surface area contributed by atoms with Gasteiger partial charge in [-0.1, -0.05) is 48.5 Å². The van der Waals surface area contributed by atoms with Gasteiger partial charge in [0.05, 0.1) is 6.42 Å². The van der Waals surface area contributed by atoms with Gasteiger partial charge in [-0.3, -0.25) is 14.6 Å². The van der Waals surface area contributed by atoms with Crippen molar-refractivity contribution in [3.63, 3.8) is 0 Å². The van der Waals surface area contributed by atoms with E-state index in [1.807, 2.05) is 43.4 Å². The number of aliphatic carboxylic acids is 1. The smallest absolute Gasteiger partial charge is 0.320 e. The molecule has 0 saturated carbocycles. The number of aromatic nitrogens is 1. The van der Waals surface area contributed by atoms with Crippen LogP contribution in [0, 0.1) is 6.92 Å². The molecule has 1 aromatic heterocycles. The van der Waals surface area contributed by atoms with E-state index in [-0.39, 0.29) is 11.9 Å². The first kappa shape index (κ1) is 30.5. The number of nitrogens with zero attached hydrogens (tertiary/aromatic N) is 1. The van der Waals surface area contributed by atoms with E-state index in [0.29, 0.717) is 19.4 Å². The minimum atomic E-state index is -0.767. The molecule has 0 fully saturated rings. The van der Waals surface area contributed by atoms with Crippen LogP contribution in [0.1, 0.15) is 23.1 Å². The first-order valence-corrected chi connectivity index (χ1v) is 12.8. The summed E-state index contributed by atoms with van der Waals surface area (Å²) in [5.74, 6) is 0.124. The molecule has 0 unspecified atom stereocenters. The molecule has 7 nitrogen and oxygen atoms in total. The summed E-state index contributed by atoms with van der Waals surface area (Å²) < 4.78 is 0. The summed E-state index contributed by atoms with van der Waals surface area (Å²) in [5.41, 5.74) is 5.64. The molecule has 2 aromatic carbocycles. The van der Waals surface area contributed by atoms with Gasteiger partial charge in [-0.05, 0) is 72.4 Å². The van der Waals surface area contributed by atoms with E-state index < -0.39 is 5.97 Å². The molecule has 0 bridgehead atoms. The van der Waals surface area contributed by atoms with Crippen LogP contribution in [0.2, 0.25) is 0 Å². The topological polar surface area (TPSA) is 108 Å². The highest BCUT2D eigenvalue weighted by molar-refractivity contribution is 7.98. The monoisotopic (exact) mass is 509 g/mol. The zero-order valence-electron chi connectivity index (χ0n) is 21.1. The molecular formula is C28H35N3O4S. The highest BCUT2D eigenvalue weighted by atomic mass is 32.2. The lowest BCUT2D eigenvalue weighted by Crippen LogP contribution is -2.34. The van der Waals surface area contributed by atoms with Crippen LogP contribution in [0.4, 0.5) is 0 Å². The fraction of sp³-hybridized carbons (Fsp3) is 0.286. The highest BCUT2D eigenvalue weighted by Gasteiger charge is 2.12. The first-order chi connectivity index (χ1) is 17.4. The third-order valence-corrected chi connectivity index (χ3v) is 5.87. The van der Waals surface area contributed by atoms with Crippen LogP contribution < -0.4 is 10.6 Å². The van der Waals surface area contributed by atoms with Crippen molar-refractivity contribution in [2.75, 3.05) is 19.1 Å². The largest absolute Gasteiger partial charge is 0.480 e. The van der Waals surface area contributed by atoms with E-state index in [9.17, 15) is 9.59 Å². The quantitative estimate of drug-likeness (QED) is 0.377. The third kappa shape index (κ3) is 11.3. The predicted molar refractivity (Wildman–Crippen MR) is 147 cm³/mol. The van der Waals surface area contributed by atoms with Crippen LogP contribution in [0.15, 0.2) is 73.1 Å². The van der Waals surface area contributed by atoms with E-state index in [1.54, 1.807) is 31.2 Å². The summed E-state index contributed by atoms with van der Waals surface area (Å²) in [7, 11) is 1.67. The van der Waals surface area contributed by atoms with Crippen LogP contribution in [-0.2, 0) is 27.3 Å². The number of nitrogens with one attached hydrogen (secondary N) is 2. The number of rotatable bonds is 10. The number of amides is 1. The predicted octanol–water partition coefficient (Wildman–Crippen LogP) is 4.14. The molecule has 3 aromatic rings. The summed E-state index contributed by atoms with van der Waals surface area (Å²) >= 11 is 1.66. The Bertz CT molecular complexity index is 1050. The number of pyridine rings is 1. The lowest BCUT2D eigenvalue weighted by molar-refractivity contribution is -0.139.